The Kier molecular flexibility index (Phi) is 8.25. The highest BCUT2D eigenvalue weighted by Crippen LogP contribution is 2.44. The molecule has 1 saturated heterocycles. The molecule has 4 aromatic rings. The number of fused-ring (bicyclic) bond motifs is 1. The largest absolute Gasteiger partial charge is 0.434 e. The average molecular weight is 610 g/mol. The minimum absolute atomic E-state index is 0.115. The molecule has 2 aliphatic rings. The van der Waals surface area contributed by atoms with Crippen LogP contribution < -0.4 is 15.4 Å². The summed E-state index contributed by atoms with van der Waals surface area (Å²) in [5.74, 6) is -0.611. The van der Waals surface area contributed by atoms with Crippen molar-refractivity contribution in [1.29, 1.82) is 5.26 Å². The van der Waals surface area contributed by atoms with Crippen LogP contribution in [0.5, 0.6) is 5.75 Å². The van der Waals surface area contributed by atoms with Crippen LogP contribution in [0.15, 0.2) is 48.9 Å². The van der Waals surface area contributed by atoms with E-state index in [0.717, 1.165) is 45.3 Å². The van der Waals surface area contributed by atoms with E-state index in [-0.39, 0.29) is 28.1 Å². The molecule has 1 aliphatic carbocycles. The van der Waals surface area contributed by atoms with Gasteiger partial charge in [0.05, 0.1) is 29.9 Å². The molecule has 11 nitrogen and oxygen atoms in total. The average Bonchev–Trinajstić information content (AvgIpc) is 3.48. The van der Waals surface area contributed by atoms with Gasteiger partial charge in [0, 0.05) is 42.1 Å². The minimum atomic E-state index is -3.06. The van der Waals surface area contributed by atoms with Crippen LogP contribution in [0, 0.1) is 16.7 Å². The number of anilines is 1. The predicted octanol–water partition coefficient (Wildman–Crippen LogP) is 4.46. The van der Waals surface area contributed by atoms with Crippen LogP contribution in [-0.2, 0) is 6.54 Å². The number of ether oxygens (including phenoxy) is 1. The second kappa shape index (κ2) is 12.2. The summed E-state index contributed by atoms with van der Waals surface area (Å²) in [6.07, 6.45) is 8.55. The third kappa shape index (κ3) is 6.61. The van der Waals surface area contributed by atoms with Crippen LogP contribution in [-0.4, -0.2) is 74.0 Å². The lowest BCUT2D eigenvalue weighted by Crippen LogP contribution is -2.44. The Bertz CT molecular complexity index is 1660. The zero-order valence-electron chi connectivity index (χ0n) is 23.2. The smallest absolute Gasteiger partial charge is 0.387 e. The lowest BCUT2D eigenvalue weighted by Gasteiger charge is -2.32. The highest BCUT2D eigenvalue weighted by Gasteiger charge is 2.43. The topological polar surface area (TPSA) is 125 Å². The van der Waals surface area contributed by atoms with E-state index in [2.05, 4.69) is 36.8 Å². The summed E-state index contributed by atoms with van der Waals surface area (Å²) in [5.41, 5.74) is 1.29. The lowest BCUT2D eigenvalue weighted by atomic mass is 10.0. The van der Waals surface area contributed by atoms with Crippen molar-refractivity contribution in [3.8, 4) is 23.1 Å². The molecule has 1 aliphatic heterocycles. The van der Waals surface area contributed by atoms with Crippen LogP contribution in [0.25, 0.3) is 16.9 Å². The van der Waals surface area contributed by atoms with Crippen molar-refractivity contribution in [2.45, 2.75) is 44.9 Å². The number of imidazole rings is 1. The van der Waals surface area contributed by atoms with E-state index in [1.54, 1.807) is 29.2 Å². The number of piperidine rings is 1. The first kappa shape index (κ1) is 29.0. The fraction of sp³-hybridized carbons (Fsp3) is 0.414. The molecule has 2 N–H and O–H groups in total. The number of nitrogens with one attached hydrogen (secondary N) is 2. The molecule has 3 aromatic heterocycles. The third-order valence-electron chi connectivity index (χ3n) is 7.99. The van der Waals surface area contributed by atoms with Gasteiger partial charge in [-0.25, -0.2) is 9.50 Å². The molecule has 14 heteroatoms. The maximum absolute atomic E-state index is 13.3. The van der Waals surface area contributed by atoms with Crippen molar-refractivity contribution in [3.05, 3.63) is 59.6 Å². The number of nitrogens with zero attached hydrogens (tertiary/aromatic N) is 7. The number of carbonyl (C=O) groups is 1. The van der Waals surface area contributed by atoms with Gasteiger partial charge >= 0.3 is 6.61 Å². The molecular formula is C29H30ClF2N9O2. The number of rotatable bonds is 11. The first-order chi connectivity index (χ1) is 20.8. The molecule has 2 fully saturated rings. The molecule has 224 valence electrons. The number of carbonyl (C=O) groups excluding carboxylic acids is 1. The van der Waals surface area contributed by atoms with Gasteiger partial charge in [-0.2, -0.15) is 24.2 Å². The van der Waals surface area contributed by atoms with E-state index in [0.29, 0.717) is 35.5 Å². The van der Waals surface area contributed by atoms with Crippen LogP contribution >= 0.6 is 11.6 Å². The predicted molar refractivity (Wildman–Crippen MR) is 155 cm³/mol. The Morgan fingerprint density at radius 1 is 1.23 bits per heavy atom. The molecule has 43 heavy (non-hydrogen) atoms. The number of hydrogen-bond acceptors (Lipinski definition) is 8. The third-order valence-corrected chi connectivity index (χ3v) is 8.22. The summed E-state index contributed by atoms with van der Waals surface area (Å²) in [6, 6.07) is 10.5. The zero-order valence-corrected chi connectivity index (χ0v) is 24.0. The molecule has 0 spiro atoms. The number of nitriles is 1. The highest BCUT2D eigenvalue weighted by molar-refractivity contribution is 6.31. The lowest BCUT2D eigenvalue weighted by molar-refractivity contribution is -0.0494. The second-order valence-electron chi connectivity index (χ2n) is 11.0. The molecular weight excluding hydrogens is 580 g/mol. The van der Waals surface area contributed by atoms with Crippen LogP contribution in [0.3, 0.4) is 0 Å². The van der Waals surface area contributed by atoms with E-state index in [1.807, 2.05) is 0 Å². The summed E-state index contributed by atoms with van der Waals surface area (Å²) >= 11 is 6.24. The van der Waals surface area contributed by atoms with E-state index in [4.69, 9.17) is 16.3 Å². The molecule has 0 unspecified atom stereocenters. The maximum atomic E-state index is 13.3. The van der Waals surface area contributed by atoms with Gasteiger partial charge in [-0.05, 0) is 69.1 Å². The van der Waals surface area contributed by atoms with Crippen molar-refractivity contribution in [1.82, 2.24) is 34.6 Å². The van der Waals surface area contributed by atoms with Crippen LogP contribution in [0.2, 0.25) is 5.02 Å². The Balaban J connectivity index is 1.19. The van der Waals surface area contributed by atoms with Crippen molar-refractivity contribution in [2.75, 3.05) is 31.5 Å². The molecule has 6 rings (SSSR count). The quantitative estimate of drug-likeness (QED) is 0.255. The van der Waals surface area contributed by atoms with Gasteiger partial charge in [0.25, 0.3) is 5.91 Å². The summed E-state index contributed by atoms with van der Waals surface area (Å²) in [4.78, 5) is 19.9. The Morgan fingerprint density at radius 3 is 2.79 bits per heavy atom. The van der Waals surface area contributed by atoms with Crippen molar-refractivity contribution in [3.63, 3.8) is 0 Å². The maximum Gasteiger partial charge on any atom is 0.387 e. The van der Waals surface area contributed by atoms with Crippen molar-refractivity contribution in [2.24, 2.45) is 5.41 Å². The minimum Gasteiger partial charge on any atom is -0.434 e. The van der Waals surface area contributed by atoms with Gasteiger partial charge in [-0.1, -0.05) is 11.6 Å². The van der Waals surface area contributed by atoms with Gasteiger partial charge in [-0.15, -0.1) is 0 Å². The first-order valence-electron chi connectivity index (χ1n) is 14.1. The van der Waals surface area contributed by atoms with Gasteiger partial charge in [-0.3, -0.25) is 9.48 Å². The molecule has 1 aromatic carbocycles. The Labute approximate surface area is 251 Å². The zero-order chi connectivity index (χ0) is 30.0. The summed E-state index contributed by atoms with van der Waals surface area (Å²) in [7, 11) is 0. The van der Waals surface area contributed by atoms with E-state index < -0.39 is 12.5 Å². The van der Waals surface area contributed by atoms with Crippen LogP contribution in [0.4, 0.5) is 14.5 Å². The molecule has 4 heterocycles. The first-order valence-corrected chi connectivity index (χ1v) is 14.5. The SMILES string of the molecule is N#CC1(CNC2CCN(CCn3cc(NC(=O)c4cnc5cccnn45)c(-c4cc(Cl)ccc4OC(F)F)n3)CC2)CC1. The number of amides is 1. The number of benzene rings is 1. The van der Waals surface area contributed by atoms with Gasteiger partial charge < -0.3 is 20.3 Å². The summed E-state index contributed by atoms with van der Waals surface area (Å²) in [5, 5.41) is 24.9. The number of alkyl halides is 2. The van der Waals surface area contributed by atoms with Gasteiger partial charge in [0.2, 0.25) is 0 Å². The van der Waals surface area contributed by atoms with Gasteiger partial charge in [0.1, 0.15) is 11.4 Å². The molecule has 0 bridgehead atoms. The standard InChI is InChI=1S/C29H30ClF2N9O2/c30-19-3-4-24(43-28(31)32)21(14-19)26-22(37-27(42)23-15-34-25-2-1-9-36-41(23)25)16-40(38-26)13-12-39-10-5-20(6-11-39)35-18-29(17-33)7-8-29/h1-4,9,14-16,20,28,35H,5-8,10-13,18H2,(H,37,42). The number of halogens is 3. The Hall–Kier alpha value is -4.12. The number of likely N-dealkylation sites (tertiary alicyclic amines) is 1. The number of hydrogen-bond donors (Lipinski definition) is 2. The van der Waals surface area contributed by atoms with Crippen molar-refractivity contribution < 1.29 is 18.3 Å². The second-order valence-corrected chi connectivity index (χ2v) is 11.4. The molecule has 1 amide bonds. The molecule has 0 atom stereocenters. The monoisotopic (exact) mass is 609 g/mol. The number of aromatic nitrogens is 5. The summed E-state index contributed by atoms with van der Waals surface area (Å²) in [6.45, 7) is 0.701. The van der Waals surface area contributed by atoms with Gasteiger partial charge in [0.15, 0.2) is 11.3 Å². The fourth-order valence-corrected chi connectivity index (χ4v) is 5.48. The normalized spacial score (nSPS) is 16.8. The Morgan fingerprint density at radius 2 is 2.05 bits per heavy atom. The summed E-state index contributed by atoms with van der Waals surface area (Å²) < 4.78 is 34.4. The highest BCUT2D eigenvalue weighted by atomic mass is 35.5. The fourth-order valence-electron chi connectivity index (χ4n) is 5.31. The molecule has 0 radical (unpaired) electrons. The van der Waals surface area contributed by atoms with E-state index in [9.17, 15) is 18.8 Å². The van der Waals surface area contributed by atoms with E-state index in [1.165, 1.54) is 28.9 Å². The van der Waals surface area contributed by atoms with Crippen LogP contribution in [0.1, 0.15) is 36.2 Å². The molecule has 1 saturated carbocycles. The van der Waals surface area contributed by atoms with Crippen molar-refractivity contribution >= 4 is 28.8 Å². The van der Waals surface area contributed by atoms with E-state index >= 15 is 0 Å².